The SMILES string of the molecule is COc1cc2c(cc1OC)/C(=C(\C#N)CN1CCOCC1)NCC2. The van der Waals surface area contributed by atoms with Gasteiger partial charge in [0, 0.05) is 31.7 Å². The highest BCUT2D eigenvalue weighted by Gasteiger charge is 2.22. The topological polar surface area (TPSA) is 66.8 Å². The van der Waals surface area contributed by atoms with E-state index in [2.05, 4.69) is 16.3 Å². The molecular formula is C18H23N3O3. The van der Waals surface area contributed by atoms with E-state index in [1.165, 1.54) is 5.56 Å². The Morgan fingerprint density at radius 2 is 1.96 bits per heavy atom. The van der Waals surface area contributed by atoms with Gasteiger partial charge in [-0.1, -0.05) is 0 Å². The minimum Gasteiger partial charge on any atom is -0.493 e. The van der Waals surface area contributed by atoms with Crippen molar-refractivity contribution in [1.29, 1.82) is 5.26 Å². The average Bonchev–Trinajstić information content (AvgIpc) is 2.65. The second-order valence-corrected chi connectivity index (χ2v) is 5.89. The Bertz CT molecular complexity index is 673. The molecule has 0 radical (unpaired) electrons. The summed E-state index contributed by atoms with van der Waals surface area (Å²) in [4.78, 5) is 2.26. The van der Waals surface area contributed by atoms with Gasteiger partial charge in [0.15, 0.2) is 11.5 Å². The first-order valence-corrected chi connectivity index (χ1v) is 8.19. The van der Waals surface area contributed by atoms with Crippen LogP contribution in [0.3, 0.4) is 0 Å². The van der Waals surface area contributed by atoms with E-state index in [0.717, 1.165) is 61.9 Å². The van der Waals surface area contributed by atoms with E-state index in [0.29, 0.717) is 12.3 Å². The van der Waals surface area contributed by atoms with E-state index < -0.39 is 0 Å². The molecule has 128 valence electrons. The Hall–Kier alpha value is -2.23. The average molecular weight is 329 g/mol. The standard InChI is InChI=1S/C18H23N3O3/c1-22-16-9-13-3-4-20-18(15(13)10-17(16)23-2)14(11-19)12-21-5-7-24-8-6-21/h9-10,20H,3-8,12H2,1-2H3/b18-14-. The number of nitrogens with zero attached hydrogens (tertiary/aromatic N) is 2. The van der Waals surface area contributed by atoms with Gasteiger partial charge >= 0.3 is 0 Å². The van der Waals surface area contributed by atoms with Crippen LogP contribution in [0, 0.1) is 11.3 Å². The lowest BCUT2D eigenvalue weighted by Gasteiger charge is -2.29. The Morgan fingerprint density at radius 1 is 1.25 bits per heavy atom. The van der Waals surface area contributed by atoms with E-state index in [-0.39, 0.29) is 0 Å². The summed E-state index contributed by atoms with van der Waals surface area (Å²) in [6, 6.07) is 6.37. The second kappa shape index (κ2) is 7.56. The van der Waals surface area contributed by atoms with Gasteiger partial charge in [-0.3, -0.25) is 4.90 Å². The molecule has 6 nitrogen and oxygen atoms in total. The van der Waals surface area contributed by atoms with Crippen molar-refractivity contribution in [3.05, 3.63) is 28.8 Å². The maximum atomic E-state index is 9.70. The van der Waals surface area contributed by atoms with Gasteiger partial charge in [0.05, 0.1) is 44.8 Å². The summed E-state index contributed by atoms with van der Waals surface area (Å²) in [5.74, 6) is 1.41. The van der Waals surface area contributed by atoms with E-state index in [9.17, 15) is 5.26 Å². The largest absolute Gasteiger partial charge is 0.493 e. The first-order chi connectivity index (χ1) is 11.8. The van der Waals surface area contributed by atoms with Gasteiger partial charge in [-0.05, 0) is 24.1 Å². The molecule has 0 bridgehead atoms. The molecule has 0 aliphatic carbocycles. The molecule has 0 spiro atoms. The molecule has 3 rings (SSSR count). The van der Waals surface area contributed by atoms with Gasteiger partial charge in [0.2, 0.25) is 0 Å². The number of methoxy groups -OCH3 is 2. The minimum absolute atomic E-state index is 0.635. The van der Waals surface area contributed by atoms with E-state index in [4.69, 9.17) is 14.2 Å². The van der Waals surface area contributed by atoms with Gasteiger partial charge in [-0.25, -0.2) is 0 Å². The molecule has 1 fully saturated rings. The van der Waals surface area contributed by atoms with Crippen molar-refractivity contribution in [2.24, 2.45) is 0 Å². The highest BCUT2D eigenvalue weighted by Crippen LogP contribution is 2.35. The third-order valence-corrected chi connectivity index (χ3v) is 4.50. The van der Waals surface area contributed by atoms with Gasteiger partial charge in [-0.15, -0.1) is 0 Å². The monoisotopic (exact) mass is 329 g/mol. The van der Waals surface area contributed by atoms with Gasteiger partial charge < -0.3 is 19.5 Å². The first kappa shape index (κ1) is 16.6. The van der Waals surface area contributed by atoms with Crippen LogP contribution in [0.1, 0.15) is 11.1 Å². The maximum absolute atomic E-state index is 9.70. The van der Waals surface area contributed by atoms with Crippen LogP contribution in [-0.2, 0) is 11.2 Å². The molecule has 24 heavy (non-hydrogen) atoms. The van der Waals surface area contributed by atoms with Crippen LogP contribution in [0.4, 0.5) is 0 Å². The Balaban J connectivity index is 1.98. The molecule has 0 unspecified atom stereocenters. The number of morpholine rings is 1. The molecule has 1 N–H and O–H groups in total. The molecule has 6 heteroatoms. The molecule has 2 aliphatic heterocycles. The molecule has 2 heterocycles. The van der Waals surface area contributed by atoms with Gasteiger partial charge in [0.25, 0.3) is 0 Å². The summed E-state index contributed by atoms with van der Waals surface area (Å²) in [7, 11) is 3.27. The fourth-order valence-electron chi connectivity index (χ4n) is 3.20. The van der Waals surface area contributed by atoms with Crippen molar-refractivity contribution < 1.29 is 14.2 Å². The number of ether oxygens (including phenoxy) is 3. The lowest BCUT2D eigenvalue weighted by molar-refractivity contribution is 0.0427. The van der Waals surface area contributed by atoms with Crippen molar-refractivity contribution in [1.82, 2.24) is 10.2 Å². The zero-order valence-electron chi connectivity index (χ0n) is 14.2. The molecule has 0 saturated carbocycles. The van der Waals surface area contributed by atoms with Crippen molar-refractivity contribution in [3.63, 3.8) is 0 Å². The number of fused-ring (bicyclic) bond motifs is 1. The summed E-state index contributed by atoms with van der Waals surface area (Å²) >= 11 is 0. The normalized spacial score (nSPS) is 19.7. The maximum Gasteiger partial charge on any atom is 0.161 e. The summed E-state index contributed by atoms with van der Waals surface area (Å²) in [5.41, 5.74) is 3.87. The number of rotatable bonds is 4. The number of hydrogen-bond donors (Lipinski definition) is 1. The fraction of sp³-hybridized carbons (Fsp3) is 0.500. The van der Waals surface area contributed by atoms with Crippen LogP contribution in [0.25, 0.3) is 5.70 Å². The van der Waals surface area contributed by atoms with Crippen LogP contribution in [0.15, 0.2) is 17.7 Å². The molecule has 1 aromatic rings. The lowest BCUT2D eigenvalue weighted by Crippen LogP contribution is -2.38. The molecular weight excluding hydrogens is 306 g/mol. The minimum atomic E-state index is 0.635. The molecule has 1 saturated heterocycles. The predicted molar refractivity (Wildman–Crippen MR) is 91.0 cm³/mol. The Kier molecular flexibility index (Phi) is 5.24. The van der Waals surface area contributed by atoms with E-state index in [1.54, 1.807) is 14.2 Å². The van der Waals surface area contributed by atoms with E-state index >= 15 is 0 Å². The van der Waals surface area contributed by atoms with Crippen molar-refractivity contribution in [2.75, 3.05) is 53.6 Å². The van der Waals surface area contributed by atoms with Crippen molar-refractivity contribution in [3.8, 4) is 17.6 Å². The number of nitriles is 1. The third kappa shape index (κ3) is 3.32. The highest BCUT2D eigenvalue weighted by atomic mass is 16.5. The molecule has 0 amide bonds. The van der Waals surface area contributed by atoms with Crippen LogP contribution in [0.2, 0.25) is 0 Å². The van der Waals surface area contributed by atoms with Gasteiger partial charge in [-0.2, -0.15) is 5.26 Å². The van der Waals surface area contributed by atoms with Gasteiger partial charge in [0.1, 0.15) is 0 Å². The van der Waals surface area contributed by atoms with E-state index in [1.807, 2.05) is 12.1 Å². The first-order valence-electron chi connectivity index (χ1n) is 8.19. The summed E-state index contributed by atoms with van der Waals surface area (Å²) in [6.07, 6.45) is 0.898. The van der Waals surface area contributed by atoms with Crippen molar-refractivity contribution >= 4 is 5.70 Å². The Labute approximate surface area is 142 Å². The smallest absolute Gasteiger partial charge is 0.161 e. The summed E-state index contributed by atoms with van der Waals surface area (Å²) in [6.45, 7) is 4.61. The van der Waals surface area contributed by atoms with Crippen LogP contribution < -0.4 is 14.8 Å². The predicted octanol–water partition coefficient (Wildman–Crippen LogP) is 1.42. The Morgan fingerprint density at radius 3 is 2.62 bits per heavy atom. The zero-order chi connectivity index (χ0) is 16.9. The molecule has 1 aromatic carbocycles. The number of hydrogen-bond acceptors (Lipinski definition) is 6. The summed E-state index contributed by atoms with van der Waals surface area (Å²) < 4.78 is 16.2. The van der Waals surface area contributed by atoms with Crippen molar-refractivity contribution in [2.45, 2.75) is 6.42 Å². The van der Waals surface area contributed by atoms with Crippen LogP contribution >= 0.6 is 0 Å². The second-order valence-electron chi connectivity index (χ2n) is 5.89. The number of benzene rings is 1. The molecule has 2 aliphatic rings. The molecule has 0 aromatic heterocycles. The van der Waals surface area contributed by atoms with Crippen LogP contribution in [0.5, 0.6) is 11.5 Å². The lowest BCUT2D eigenvalue weighted by atomic mass is 9.94. The molecule has 0 atom stereocenters. The highest BCUT2D eigenvalue weighted by molar-refractivity contribution is 5.76. The van der Waals surface area contributed by atoms with Crippen LogP contribution in [-0.4, -0.2) is 58.5 Å². The summed E-state index contributed by atoms with van der Waals surface area (Å²) in [5, 5.41) is 13.1. The fourth-order valence-corrected chi connectivity index (χ4v) is 3.20. The number of nitrogens with one attached hydrogen (secondary N) is 1. The quantitative estimate of drug-likeness (QED) is 0.843. The zero-order valence-corrected chi connectivity index (χ0v) is 14.2. The third-order valence-electron chi connectivity index (χ3n) is 4.50.